The van der Waals surface area contributed by atoms with E-state index < -0.39 is 23.5 Å². The fraction of sp³-hybridized carbons (Fsp3) is 0.235. The second-order valence-electron chi connectivity index (χ2n) is 5.41. The minimum absolute atomic E-state index is 0.0617. The highest BCUT2D eigenvalue weighted by Gasteiger charge is 2.36. The molecular weight excluding hydrogens is 378 g/mol. The fourth-order valence-electron chi connectivity index (χ4n) is 2.17. The summed E-state index contributed by atoms with van der Waals surface area (Å²) in [7, 11) is 0. The van der Waals surface area contributed by atoms with Gasteiger partial charge in [0.2, 0.25) is 0 Å². The minimum atomic E-state index is -4.90. The molecule has 2 aromatic rings. The molecular formula is C17H14F6N2S. The normalized spacial score (nSPS) is 11.9. The van der Waals surface area contributed by atoms with Gasteiger partial charge < -0.3 is 10.6 Å². The van der Waals surface area contributed by atoms with Crippen molar-refractivity contribution < 1.29 is 26.3 Å². The van der Waals surface area contributed by atoms with Crippen LogP contribution in [-0.2, 0) is 18.8 Å². The molecule has 0 radical (unpaired) electrons. The van der Waals surface area contributed by atoms with Gasteiger partial charge in [-0.25, -0.2) is 0 Å². The quantitative estimate of drug-likeness (QED) is 0.549. The second kappa shape index (κ2) is 7.94. The summed E-state index contributed by atoms with van der Waals surface area (Å²) in [4.78, 5) is 0. The second-order valence-corrected chi connectivity index (χ2v) is 5.82. The zero-order chi connectivity index (χ0) is 19.4. The lowest BCUT2D eigenvalue weighted by molar-refractivity contribution is -0.143. The predicted molar refractivity (Wildman–Crippen MR) is 90.8 cm³/mol. The van der Waals surface area contributed by atoms with Crippen molar-refractivity contribution in [3.05, 3.63) is 65.2 Å². The molecule has 0 bridgehead atoms. The van der Waals surface area contributed by atoms with Crippen LogP contribution < -0.4 is 10.6 Å². The Morgan fingerprint density at radius 2 is 1.38 bits per heavy atom. The molecule has 0 aromatic heterocycles. The SMILES string of the molecule is FC(F)(F)c1cc(NC(=S)NCCc2ccccc2)cc(C(F)(F)F)c1. The van der Waals surface area contributed by atoms with Gasteiger partial charge in [-0.2, -0.15) is 26.3 Å². The summed E-state index contributed by atoms with van der Waals surface area (Å²) in [5.41, 5.74) is -2.17. The molecule has 0 unspecified atom stereocenters. The van der Waals surface area contributed by atoms with Crippen LogP contribution in [0.15, 0.2) is 48.5 Å². The molecule has 0 atom stereocenters. The van der Waals surface area contributed by atoms with Gasteiger partial charge in [0.05, 0.1) is 11.1 Å². The van der Waals surface area contributed by atoms with Crippen LogP contribution in [0.2, 0.25) is 0 Å². The number of hydrogen-bond donors (Lipinski definition) is 2. The summed E-state index contributed by atoms with van der Waals surface area (Å²) < 4.78 is 76.9. The van der Waals surface area contributed by atoms with Crippen molar-refractivity contribution in [1.29, 1.82) is 0 Å². The maximum absolute atomic E-state index is 12.8. The van der Waals surface area contributed by atoms with Crippen molar-refractivity contribution in [2.24, 2.45) is 0 Å². The monoisotopic (exact) mass is 392 g/mol. The Kier molecular flexibility index (Phi) is 6.12. The number of halogens is 6. The molecule has 0 fully saturated rings. The largest absolute Gasteiger partial charge is 0.416 e. The highest BCUT2D eigenvalue weighted by molar-refractivity contribution is 7.80. The van der Waals surface area contributed by atoms with Crippen molar-refractivity contribution >= 4 is 23.0 Å². The van der Waals surface area contributed by atoms with Gasteiger partial charge in [0.15, 0.2) is 5.11 Å². The molecule has 0 spiro atoms. The molecule has 9 heteroatoms. The van der Waals surface area contributed by atoms with Gasteiger partial charge in [0, 0.05) is 12.2 Å². The van der Waals surface area contributed by atoms with E-state index in [2.05, 4.69) is 10.6 Å². The van der Waals surface area contributed by atoms with Crippen molar-refractivity contribution in [1.82, 2.24) is 5.32 Å². The summed E-state index contributed by atoms with van der Waals surface area (Å²) in [6, 6.07) is 10.6. The van der Waals surface area contributed by atoms with Crippen LogP contribution in [-0.4, -0.2) is 11.7 Å². The number of thiocarbonyl (C=S) groups is 1. The van der Waals surface area contributed by atoms with E-state index in [1.165, 1.54) is 0 Å². The lowest BCUT2D eigenvalue weighted by atomic mass is 10.1. The first kappa shape index (κ1) is 20.0. The summed E-state index contributed by atoms with van der Waals surface area (Å²) in [5, 5.41) is 5.07. The molecule has 0 aliphatic carbocycles. The fourth-order valence-corrected chi connectivity index (χ4v) is 2.39. The van der Waals surface area contributed by atoms with Gasteiger partial charge in [-0.15, -0.1) is 0 Å². The molecule has 0 saturated carbocycles. The van der Waals surface area contributed by atoms with E-state index in [0.717, 1.165) is 5.56 Å². The molecule has 2 aromatic carbocycles. The zero-order valence-electron chi connectivity index (χ0n) is 13.2. The number of anilines is 1. The summed E-state index contributed by atoms with van der Waals surface area (Å²) >= 11 is 4.94. The van der Waals surface area contributed by atoms with E-state index >= 15 is 0 Å². The number of benzene rings is 2. The summed E-state index contributed by atoms with van der Waals surface area (Å²) in [5.74, 6) is 0. The average Bonchev–Trinajstić information content (AvgIpc) is 2.54. The lowest BCUT2D eigenvalue weighted by Crippen LogP contribution is -2.30. The lowest BCUT2D eigenvalue weighted by Gasteiger charge is -2.16. The van der Waals surface area contributed by atoms with Gasteiger partial charge >= 0.3 is 12.4 Å². The molecule has 0 heterocycles. The van der Waals surface area contributed by atoms with E-state index in [4.69, 9.17) is 12.2 Å². The molecule has 0 aliphatic rings. The highest BCUT2D eigenvalue weighted by atomic mass is 32.1. The Morgan fingerprint density at radius 1 is 0.846 bits per heavy atom. The van der Waals surface area contributed by atoms with E-state index in [1.54, 1.807) is 0 Å². The molecule has 2 rings (SSSR count). The summed E-state index contributed by atoms with van der Waals surface area (Å²) in [6.45, 7) is 0.376. The molecule has 2 nitrogen and oxygen atoms in total. The highest BCUT2D eigenvalue weighted by Crippen LogP contribution is 2.37. The van der Waals surface area contributed by atoms with E-state index in [0.29, 0.717) is 25.1 Å². The van der Waals surface area contributed by atoms with Gasteiger partial charge in [-0.1, -0.05) is 30.3 Å². The molecule has 0 amide bonds. The first-order chi connectivity index (χ1) is 12.1. The van der Waals surface area contributed by atoms with Crippen LogP contribution in [0.25, 0.3) is 0 Å². The number of alkyl halides is 6. The van der Waals surface area contributed by atoms with Crippen LogP contribution in [0.5, 0.6) is 0 Å². The molecule has 26 heavy (non-hydrogen) atoms. The third-order valence-corrected chi connectivity index (χ3v) is 3.63. The molecule has 0 aliphatic heterocycles. The smallest absolute Gasteiger partial charge is 0.362 e. The van der Waals surface area contributed by atoms with Gasteiger partial charge in [0.1, 0.15) is 0 Å². The molecule has 2 N–H and O–H groups in total. The third kappa shape index (κ3) is 5.91. The topological polar surface area (TPSA) is 24.1 Å². The maximum atomic E-state index is 12.8. The van der Waals surface area contributed by atoms with Crippen LogP contribution in [0.1, 0.15) is 16.7 Å². The standard InChI is InChI=1S/C17H14F6N2S/c18-16(19,20)12-8-13(17(21,22)23)10-14(9-12)25-15(26)24-7-6-11-4-2-1-3-5-11/h1-5,8-10H,6-7H2,(H2,24,25,26). The van der Waals surface area contributed by atoms with E-state index in [9.17, 15) is 26.3 Å². The minimum Gasteiger partial charge on any atom is -0.362 e. The molecule has 0 saturated heterocycles. The first-order valence-electron chi connectivity index (χ1n) is 7.44. The zero-order valence-corrected chi connectivity index (χ0v) is 14.0. The van der Waals surface area contributed by atoms with Crippen molar-refractivity contribution in [2.75, 3.05) is 11.9 Å². The maximum Gasteiger partial charge on any atom is 0.416 e. The van der Waals surface area contributed by atoms with Crippen LogP contribution in [0.3, 0.4) is 0 Å². The van der Waals surface area contributed by atoms with Crippen molar-refractivity contribution in [3.8, 4) is 0 Å². The Balaban J connectivity index is 2.06. The first-order valence-corrected chi connectivity index (χ1v) is 7.85. The summed E-state index contributed by atoms with van der Waals surface area (Å²) in [6.07, 6.45) is -9.21. The predicted octanol–water partition coefficient (Wildman–Crippen LogP) is 5.25. The van der Waals surface area contributed by atoms with E-state index in [1.807, 2.05) is 30.3 Å². The van der Waals surface area contributed by atoms with Crippen LogP contribution in [0.4, 0.5) is 32.0 Å². The molecule has 140 valence electrons. The van der Waals surface area contributed by atoms with Crippen molar-refractivity contribution in [2.45, 2.75) is 18.8 Å². The Labute approximate surface area is 151 Å². The Bertz CT molecular complexity index is 724. The number of rotatable bonds is 4. The van der Waals surface area contributed by atoms with E-state index in [-0.39, 0.29) is 16.9 Å². The Morgan fingerprint density at radius 3 is 1.88 bits per heavy atom. The van der Waals surface area contributed by atoms with Crippen LogP contribution in [0, 0.1) is 0 Å². The number of hydrogen-bond acceptors (Lipinski definition) is 1. The number of nitrogens with one attached hydrogen (secondary N) is 2. The van der Waals surface area contributed by atoms with Gasteiger partial charge in [-0.3, -0.25) is 0 Å². The van der Waals surface area contributed by atoms with Gasteiger partial charge in [0.25, 0.3) is 0 Å². The Hall–Kier alpha value is -2.29. The van der Waals surface area contributed by atoms with Gasteiger partial charge in [-0.05, 0) is 42.4 Å². The average molecular weight is 392 g/mol. The van der Waals surface area contributed by atoms with Crippen LogP contribution >= 0.6 is 12.2 Å². The van der Waals surface area contributed by atoms with Crippen molar-refractivity contribution in [3.63, 3.8) is 0 Å². The third-order valence-electron chi connectivity index (χ3n) is 3.39.